The van der Waals surface area contributed by atoms with E-state index in [0.717, 1.165) is 0 Å². The summed E-state index contributed by atoms with van der Waals surface area (Å²) in [6, 6.07) is 0. The Kier molecular flexibility index (Phi) is 14.8. The normalized spacial score (nSPS) is 8.70. The Hall–Kier alpha value is 1.54. The molecular formula is C4H12BKO4. The fourth-order valence-corrected chi connectivity index (χ4v) is 0.356. The second-order valence-corrected chi connectivity index (χ2v) is 1.33. The van der Waals surface area contributed by atoms with Crippen LogP contribution in [-0.4, -0.2) is 35.4 Å². The van der Waals surface area contributed by atoms with Crippen LogP contribution in [0.3, 0.4) is 0 Å². The van der Waals surface area contributed by atoms with Crippen LogP contribution in [0.15, 0.2) is 0 Å². The summed E-state index contributed by atoms with van der Waals surface area (Å²) in [5, 5.41) is 0. The van der Waals surface area contributed by atoms with Gasteiger partial charge in [-0.05, 0) is 0 Å². The molecule has 0 heterocycles. The minimum Gasteiger partial charge on any atom is -1.00 e. The van der Waals surface area contributed by atoms with Crippen molar-refractivity contribution in [3.8, 4) is 0 Å². The van der Waals surface area contributed by atoms with Crippen LogP contribution in [0.4, 0.5) is 0 Å². The van der Waals surface area contributed by atoms with Gasteiger partial charge in [-0.25, -0.2) is 0 Å². The van der Waals surface area contributed by atoms with Crippen molar-refractivity contribution in [3.63, 3.8) is 0 Å². The van der Waals surface area contributed by atoms with Crippen LogP contribution in [-0.2, 0) is 18.7 Å². The molecule has 0 saturated heterocycles. The monoisotopic (exact) mass is 174 g/mol. The fourth-order valence-electron chi connectivity index (χ4n) is 0.356. The first-order valence-electron chi connectivity index (χ1n) is 2.51. The van der Waals surface area contributed by atoms with Crippen molar-refractivity contribution >= 4 is 7.32 Å². The van der Waals surface area contributed by atoms with Crippen LogP contribution in [0.2, 0.25) is 0 Å². The average molecular weight is 174 g/mol. The first-order chi connectivity index (χ1) is 4.35. The molecule has 0 unspecified atom stereocenters. The quantitative estimate of drug-likeness (QED) is 0.329. The van der Waals surface area contributed by atoms with Gasteiger partial charge in [0, 0.05) is 21.3 Å². The molecule has 0 aliphatic rings. The van der Waals surface area contributed by atoms with E-state index in [9.17, 15) is 0 Å². The maximum Gasteiger partial charge on any atom is 1.00 e. The number of hydrogen-bond donors (Lipinski definition) is 0. The van der Waals surface area contributed by atoms with Gasteiger partial charge in [0.1, 0.15) is 6.79 Å². The third-order valence-corrected chi connectivity index (χ3v) is 0.707. The third-order valence-electron chi connectivity index (χ3n) is 0.707. The van der Waals surface area contributed by atoms with Gasteiger partial charge in [0.2, 0.25) is 0 Å². The average Bonchev–Trinajstić information content (AvgIpc) is 1.91. The molecule has 0 spiro atoms. The summed E-state index contributed by atoms with van der Waals surface area (Å²) in [5.74, 6) is 0. The minimum atomic E-state index is -0.620. The van der Waals surface area contributed by atoms with E-state index in [4.69, 9.17) is 4.65 Å². The SMILES string of the molecule is COCOB(OC)OC.[H-].[K+]. The van der Waals surface area contributed by atoms with Crippen molar-refractivity contribution in [3.05, 3.63) is 0 Å². The molecule has 0 aromatic carbocycles. The first-order valence-corrected chi connectivity index (χ1v) is 2.51. The summed E-state index contributed by atoms with van der Waals surface area (Å²) >= 11 is 0. The van der Waals surface area contributed by atoms with E-state index in [1.807, 2.05) is 0 Å². The van der Waals surface area contributed by atoms with Crippen molar-refractivity contribution in [1.29, 1.82) is 0 Å². The Balaban J connectivity index is -0.000000320. The van der Waals surface area contributed by atoms with E-state index in [1.165, 1.54) is 21.3 Å². The van der Waals surface area contributed by atoms with Gasteiger partial charge in [0.05, 0.1) is 0 Å². The van der Waals surface area contributed by atoms with Gasteiger partial charge < -0.3 is 20.1 Å². The van der Waals surface area contributed by atoms with Crippen LogP contribution in [0.1, 0.15) is 1.43 Å². The van der Waals surface area contributed by atoms with Crippen molar-refractivity contribution in [2.24, 2.45) is 0 Å². The zero-order valence-electron chi connectivity index (χ0n) is 7.92. The Bertz CT molecular complexity index is 66.1. The second-order valence-electron chi connectivity index (χ2n) is 1.33. The number of methoxy groups -OCH3 is 1. The van der Waals surface area contributed by atoms with Gasteiger partial charge in [0.25, 0.3) is 0 Å². The molecule has 0 aromatic heterocycles. The Morgan fingerprint density at radius 3 is 2.00 bits per heavy atom. The predicted octanol–water partition coefficient (Wildman–Crippen LogP) is -3.00. The van der Waals surface area contributed by atoms with Crippen molar-refractivity contribution < 1.29 is 71.5 Å². The molecule has 0 radical (unpaired) electrons. The van der Waals surface area contributed by atoms with Gasteiger partial charge in [-0.1, -0.05) is 0 Å². The molecular weight excluding hydrogens is 162 g/mol. The van der Waals surface area contributed by atoms with Crippen LogP contribution in [0.25, 0.3) is 0 Å². The molecule has 0 saturated carbocycles. The van der Waals surface area contributed by atoms with Gasteiger partial charge in [-0.3, -0.25) is 0 Å². The molecule has 0 atom stereocenters. The van der Waals surface area contributed by atoms with E-state index >= 15 is 0 Å². The summed E-state index contributed by atoms with van der Waals surface area (Å²) < 4.78 is 18.8. The third kappa shape index (κ3) is 7.65. The Labute approximate surface area is 106 Å². The summed E-state index contributed by atoms with van der Waals surface area (Å²) in [6.45, 7) is 0.173. The minimum absolute atomic E-state index is 0. The van der Waals surface area contributed by atoms with Crippen LogP contribution in [0.5, 0.6) is 0 Å². The number of ether oxygens (including phenoxy) is 1. The molecule has 0 aromatic rings. The number of hydrogen-bond acceptors (Lipinski definition) is 4. The zero-order chi connectivity index (χ0) is 7.11. The second kappa shape index (κ2) is 10.5. The van der Waals surface area contributed by atoms with Gasteiger partial charge in [-0.15, -0.1) is 0 Å². The van der Waals surface area contributed by atoms with Crippen molar-refractivity contribution in [2.45, 2.75) is 0 Å². The van der Waals surface area contributed by atoms with Crippen molar-refractivity contribution in [2.75, 3.05) is 28.1 Å². The Morgan fingerprint density at radius 2 is 1.70 bits per heavy atom. The summed E-state index contributed by atoms with van der Waals surface area (Å²) in [4.78, 5) is 0. The molecule has 0 N–H and O–H groups in total. The molecule has 0 rings (SSSR count). The molecule has 6 heteroatoms. The van der Waals surface area contributed by atoms with Crippen LogP contribution >= 0.6 is 0 Å². The summed E-state index contributed by atoms with van der Waals surface area (Å²) in [7, 11) is 3.89. The van der Waals surface area contributed by atoms with E-state index in [0.29, 0.717) is 0 Å². The van der Waals surface area contributed by atoms with Gasteiger partial charge >= 0.3 is 58.7 Å². The molecule has 0 aliphatic heterocycles. The maximum absolute atomic E-state index is 4.82. The number of rotatable bonds is 5. The molecule has 10 heavy (non-hydrogen) atoms. The van der Waals surface area contributed by atoms with E-state index in [-0.39, 0.29) is 59.6 Å². The smallest absolute Gasteiger partial charge is 1.00 e. The zero-order valence-corrected chi connectivity index (χ0v) is 10.0. The van der Waals surface area contributed by atoms with E-state index in [1.54, 1.807) is 0 Å². The molecule has 56 valence electrons. The largest absolute Gasteiger partial charge is 1.00 e. The van der Waals surface area contributed by atoms with Crippen molar-refractivity contribution in [1.82, 2.24) is 0 Å². The first kappa shape index (κ1) is 14.1. The summed E-state index contributed by atoms with van der Waals surface area (Å²) in [6.07, 6.45) is 0. The topological polar surface area (TPSA) is 36.9 Å². The standard InChI is InChI=1S/C4H11BO4.K.H/c1-6-4-9-5(7-2)8-3;;/h4H2,1-3H3;;/q;+1;-1. The molecule has 0 bridgehead atoms. The predicted molar refractivity (Wildman–Crippen MR) is 33.8 cm³/mol. The van der Waals surface area contributed by atoms with E-state index in [2.05, 4.69) is 14.0 Å². The van der Waals surface area contributed by atoms with Crippen LogP contribution in [0, 0.1) is 0 Å². The molecule has 4 nitrogen and oxygen atoms in total. The molecule has 0 fully saturated rings. The van der Waals surface area contributed by atoms with E-state index < -0.39 is 7.32 Å². The fraction of sp³-hybridized carbons (Fsp3) is 1.00. The Morgan fingerprint density at radius 1 is 1.20 bits per heavy atom. The van der Waals surface area contributed by atoms with Crippen LogP contribution < -0.4 is 51.4 Å². The van der Waals surface area contributed by atoms with Gasteiger partial charge in [-0.2, -0.15) is 0 Å². The van der Waals surface area contributed by atoms with Gasteiger partial charge in [0.15, 0.2) is 0 Å². The molecule has 0 amide bonds. The summed E-state index contributed by atoms with van der Waals surface area (Å²) in [5.41, 5.74) is 0. The molecule has 0 aliphatic carbocycles. The maximum atomic E-state index is 4.82.